The first kappa shape index (κ1) is 31.2. The van der Waals surface area contributed by atoms with Gasteiger partial charge in [0.1, 0.15) is 18.0 Å². The average Bonchev–Trinajstić information content (AvgIpc) is 3.05. The minimum Gasteiger partial charge on any atom is -0.355 e. The van der Waals surface area contributed by atoms with Crippen LogP contribution in [0.25, 0.3) is 0 Å². The van der Waals surface area contributed by atoms with Gasteiger partial charge in [-0.1, -0.05) is 81.8 Å². The van der Waals surface area contributed by atoms with E-state index >= 15 is 0 Å². The minimum atomic E-state index is -1.12. The van der Waals surface area contributed by atoms with Gasteiger partial charge in [0.15, 0.2) is 0 Å². The summed E-state index contributed by atoms with van der Waals surface area (Å²) in [5, 5.41) is 6.09. The van der Waals surface area contributed by atoms with E-state index in [0.717, 1.165) is 11.1 Å². The van der Waals surface area contributed by atoms with Crippen molar-refractivity contribution in [2.24, 2.45) is 5.41 Å². The Morgan fingerprint density at radius 1 is 0.976 bits per heavy atom. The Labute approximate surface area is 251 Å². The molecule has 0 aliphatic carbocycles. The van der Waals surface area contributed by atoms with Crippen LogP contribution in [-0.4, -0.2) is 30.4 Å². The lowest BCUT2D eigenvalue weighted by atomic mass is 9.94. The second-order valence-corrected chi connectivity index (χ2v) is 12.1. The molecule has 0 aromatic heterocycles. The molecule has 0 fully saturated rings. The second kappa shape index (κ2) is 13.5. The van der Waals surface area contributed by atoms with Crippen LogP contribution in [0.5, 0.6) is 0 Å². The lowest BCUT2D eigenvalue weighted by Crippen LogP contribution is -2.45. The van der Waals surface area contributed by atoms with Crippen LogP contribution in [0.4, 0.5) is 10.1 Å². The first-order valence-electron chi connectivity index (χ1n) is 14.1. The van der Waals surface area contributed by atoms with Crippen molar-refractivity contribution in [3.8, 4) is 0 Å². The fraction of sp³-hybridized carbons (Fsp3) is 0.364. The highest BCUT2D eigenvalue weighted by atomic mass is 35.5. The summed E-state index contributed by atoms with van der Waals surface area (Å²) < 4.78 is 20.6. The van der Waals surface area contributed by atoms with Gasteiger partial charge in [-0.2, -0.15) is 0 Å². The molecular weight excluding hydrogens is 557 g/mol. The number of benzene rings is 3. The Morgan fingerprint density at radius 2 is 1.71 bits per heavy atom. The van der Waals surface area contributed by atoms with Gasteiger partial charge in [0.05, 0.1) is 6.42 Å². The van der Waals surface area contributed by atoms with Crippen LogP contribution in [0.3, 0.4) is 0 Å². The van der Waals surface area contributed by atoms with Crippen molar-refractivity contribution in [3.63, 3.8) is 0 Å². The third-order valence-electron chi connectivity index (χ3n) is 6.91. The van der Waals surface area contributed by atoms with E-state index in [1.165, 1.54) is 6.07 Å². The van der Waals surface area contributed by atoms with E-state index in [2.05, 4.69) is 10.6 Å². The number of carbonyl (C=O) groups excluding carboxylic acids is 3. The zero-order valence-electron chi connectivity index (χ0n) is 24.4. The summed E-state index contributed by atoms with van der Waals surface area (Å²) in [6.45, 7) is 8.59. The predicted octanol–water partition coefficient (Wildman–Crippen LogP) is 6.08. The van der Waals surface area contributed by atoms with E-state index in [4.69, 9.17) is 16.3 Å². The molecule has 2 N–H and O–H groups in total. The molecular formula is C33H37ClFN3O4. The molecule has 0 spiro atoms. The SMILES string of the molecule is CCC(=O)NCc1cccc(C2OC(CC(=O)NCc3ccccc3F)C(=O)N(CC(C)(C)C)c3ccc(Cl)cc32)c1. The Bertz CT molecular complexity index is 1460. The van der Waals surface area contributed by atoms with E-state index in [1.807, 2.05) is 51.1 Å². The minimum absolute atomic E-state index is 0.0110. The van der Waals surface area contributed by atoms with Crippen LogP contribution in [0, 0.1) is 11.2 Å². The van der Waals surface area contributed by atoms with Gasteiger partial charge >= 0.3 is 0 Å². The third kappa shape index (κ3) is 7.95. The van der Waals surface area contributed by atoms with Crippen LogP contribution in [-0.2, 0) is 32.2 Å². The molecule has 1 heterocycles. The third-order valence-corrected chi connectivity index (χ3v) is 7.14. The molecule has 4 rings (SSSR count). The van der Waals surface area contributed by atoms with E-state index in [0.29, 0.717) is 41.3 Å². The fourth-order valence-electron chi connectivity index (χ4n) is 4.87. The largest absolute Gasteiger partial charge is 0.355 e. The molecule has 1 aliphatic rings. The van der Waals surface area contributed by atoms with E-state index in [9.17, 15) is 18.8 Å². The number of ether oxygens (including phenoxy) is 1. The summed E-state index contributed by atoms with van der Waals surface area (Å²) in [6, 6.07) is 19.1. The summed E-state index contributed by atoms with van der Waals surface area (Å²) >= 11 is 6.46. The number of fused-ring (bicyclic) bond motifs is 1. The first-order chi connectivity index (χ1) is 19.9. The number of anilines is 1. The quantitative estimate of drug-likeness (QED) is 0.315. The Morgan fingerprint density at radius 3 is 2.43 bits per heavy atom. The molecule has 0 bridgehead atoms. The Balaban J connectivity index is 1.69. The van der Waals surface area contributed by atoms with Gasteiger partial charge < -0.3 is 20.3 Å². The average molecular weight is 594 g/mol. The van der Waals surface area contributed by atoms with Crippen molar-refractivity contribution >= 4 is 35.0 Å². The molecule has 222 valence electrons. The van der Waals surface area contributed by atoms with Crippen molar-refractivity contribution in [3.05, 3.63) is 99.8 Å². The summed E-state index contributed by atoms with van der Waals surface area (Å²) in [5.41, 5.74) is 3.06. The second-order valence-electron chi connectivity index (χ2n) is 11.6. The normalized spacial score (nSPS) is 16.9. The summed E-state index contributed by atoms with van der Waals surface area (Å²) in [5.74, 6) is -1.26. The maximum absolute atomic E-state index is 14.1. The maximum Gasteiger partial charge on any atom is 0.256 e. The van der Waals surface area contributed by atoms with Gasteiger partial charge in [0, 0.05) is 47.9 Å². The summed E-state index contributed by atoms with van der Waals surface area (Å²) in [6.07, 6.45) is -1.71. The van der Waals surface area contributed by atoms with Crippen molar-refractivity contribution in [1.82, 2.24) is 10.6 Å². The highest BCUT2D eigenvalue weighted by Crippen LogP contribution is 2.41. The first-order valence-corrected chi connectivity index (χ1v) is 14.4. The molecule has 9 heteroatoms. The van der Waals surface area contributed by atoms with E-state index in [1.54, 1.807) is 42.2 Å². The monoisotopic (exact) mass is 593 g/mol. The van der Waals surface area contributed by atoms with Gasteiger partial charge in [-0.3, -0.25) is 14.4 Å². The van der Waals surface area contributed by atoms with Crippen LogP contribution in [0.1, 0.15) is 68.9 Å². The van der Waals surface area contributed by atoms with Crippen LogP contribution in [0.15, 0.2) is 66.7 Å². The molecule has 0 radical (unpaired) electrons. The topological polar surface area (TPSA) is 87.7 Å². The lowest BCUT2D eigenvalue weighted by molar-refractivity contribution is -0.138. The number of nitrogens with one attached hydrogen (secondary N) is 2. The smallest absolute Gasteiger partial charge is 0.256 e. The predicted molar refractivity (Wildman–Crippen MR) is 161 cm³/mol. The Hall–Kier alpha value is -3.75. The molecule has 3 aromatic carbocycles. The number of amides is 3. The van der Waals surface area contributed by atoms with E-state index < -0.39 is 23.9 Å². The van der Waals surface area contributed by atoms with Crippen molar-refractivity contribution < 1.29 is 23.5 Å². The van der Waals surface area contributed by atoms with Crippen molar-refractivity contribution in [2.45, 2.75) is 65.8 Å². The number of hydrogen-bond acceptors (Lipinski definition) is 4. The van der Waals surface area contributed by atoms with Crippen molar-refractivity contribution in [1.29, 1.82) is 0 Å². The highest BCUT2D eigenvalue weighted by Gasteiger charge is 2.39. The number of hydrogen-bond donors (Lipinski definition) is 2. The lowest BCUT2D eigenvalue weighted by Gasteiger charge is -2.31. The summed E-state index contributed by atoms with van der Waals surface area (Å²) in [4.78, 5) is 40.7. The van der Waals surface area contributed by atoms with Crippen LogP contribution < -0.4 is 15.5 Å². The molecule has 3 aromatic rings. The van der Waals surface area contributed by atoms with Gasteiger partial charge in [-0.25, -0.2) is 4.39 Å². The number of rotatable bonds is 9. The molecule has 3 amide bonds. The number of nitrogens with zero attached hydrogens (tertiary/aromatic N) is 1. The van der Waals surface area contributed by atoms with Crippen LogP contribution >= 0.6 is 11.6 Å². The zero-order valence-corrected chi connectivity index (χ0v) is 25.1. The van der Waals surface area contributed by atoms with Gasteiger partial charge in [-0.05, 0) is 40.8 Å². The highest BCUT2D eigenvalue weighted by molar-refractivity contribution is 6.30. The fourth-order valence-corrected chi connectivity index (χ4v) is 5.05. The molecule has 0 saturated carbocycles. The molecule has 7 nitrogen and oxygen atoms in total. The van der Waals surface area contributed by atoms with Crippen LogP contribution in [0.2, 0.25) is 5.02 Å². The van der Waals surface area contributed by atoms with Crippen molar-refractivity contribution in [2.75, 3.05) is 11.4 Å². The zero-order chi connectivity index (χ0) is 30.4. The molecule has 42 heavy (non-hydrogen) atoms. The molecule has 2 unspecified atom stereocenters. The molecule has 2 atom stereocenters. The Kier molecular flexibility index (Phi) is 10.0. The standard InChI is InChI=1S/C33H37ClFN3O4/c1-5-29(39)36-18-21-9-8-11-22(15-21)31-25-16-24(34)13-14-27(25)38(20-33(2,3)4)32(41)28(42-31)17-30(40)37-19-23-10-6-7-12-26(23)35/h6-16,28,31H,5,17-20H2,1-4H3,(H,36,39)(H,37,40). The van der Waals surface area contributed by atoms with Gasteiger partial charge in [-0.15, -0.1) is 0 Å². The summed E-state index contributed by atoms with van der Waals surface area (Å²) in [7, 11) is 0. The molecule has 0 saturated heterocycles. The van der Waals surface area contributed by atoms with Gasteiger partial charge in [0.2, 0.25) is 11.8 Å². The molecule has 1 aliphatic heterocycles. The number of carbonyl (C=O) groups is 3. The van der Waals surface area contributed by atoms with E-state index in [-0.39, 0.29) is 30.2 Å². The maximum atomic E-state index is 14.1. The van der Waals surface area contributed by atoms with Gasteiger partial charge in [0.25, 0.3) is 5.91 Å². The number of halogens is 2.